The molecule has 178 valence electrons. The first-order valence-electron chi connectivity index (χ1n) is 11.5. The topological polar surface area (TPSA) is 88.7 Å². The molecule has 0 aliphatic rings. The molecule has 3 aromatic rings. The highest BCUT2D eigenvalue weighted by Crippen LogP contribution is 2.17. The summed E-state index contributed by atoms with van der Waals surface area (Å²) in [6, 6.07) is 23.8. The zero-order valence-corrected chi connectivity index (χ0v) is 19.4. The van der Waals surface area contributed by atoms with Crippen LogP contribution in [0.15, 0.2) is 78.9 Å². The molecule has 0 unspecified atom stereocenters. The second-order valence-corrected chi connectivity index (χ2v) is 7.63. The summed E-state index contributed by atoms with van der Waals surface area (Å²) < 4.78 is 11.4. The van der Waals surface area contributed by atoms with Gasteiger partial charge in [0.05, 0.1) is 6.54 Å². The zero-order valence-electron chi connectivity index (χ0n) is 19.4. The van der Waals surface area contributed by atoms with Crippen LogP contribution < -0.4 is 25.4 Å². The Morgan fingerprint density at radius 3 is 2.24 bits per heavy atom. The van der Waals surface area contributed by atoms with Gasteiger partial charge in [-0.2, -0.15) is 0 Å². The van der Waals surface area contributed by atoms with E-state index in [9.17, 15) is 9.59 Å². The molecule has 7 nitrogen and oxygen atoms in total. The van der Waals surface area contributed by atoms with E-state index in [0.717, 1.165) is 24.3 Å². The Bertz CT molecular complexity index is 1040. The number of carbonyl (C=O) groups is 2. The van der Waals surface area contributed by atoms with Crippen molar-refractivity contribution in [2.75, 3.05) is 36.9 Å². The number of carbonyl (C=O) groups excluding carboxylic acids is 2. The Labute approximate surface area is 200 Å². The van der Waals surface area contributed by atoms with E-state index in [4.69, 9.17) is 9.47 Å². The van der Waals surface area contributed by atoms with E-state index in [1.54, 1.807) is 24.3 Å². The van der Waals surface area contributed by atoms with Crippen LogP contribution in [0.2, 0.25) is 0 Å². The van der Waals surface area contributed by atoms with Crippen molar-refractivity contribution < 1.29 is 19.1 Å². The van der Waals surface area contributed by atoms with Gasteiger partial charge in [-0.3, -0.25) is 9.59 Å². The quantitative estimate of drug-likeness (QED) is 0.321. The number of nitrogens with one attached hydrogen (secondary N) is 3. The molecule has 2 amide bonds. The van der Waals surface area contributed by atoms with E-state index >= 15 is 0 Å². The molecule has 0 heterocycles. The zero-order chi connectivity index (χ0) is 24.0. The van der Waals surface area contributed by atoms with Gasteiger partial charge in [0.25, 0.3) is 5.91 Å². The molecular weight excluding hydrogens is 430 g/mol. The lowest BCUT2D eigenvalue weighted by molar-refractivity contribution is -0.114. The molecule has 0 fully saturated rings. The van der Waals surface area contributed by atoms with Crippen LogP contribution in [-0.4, -0.2) is 38.1 Å². The van der Waals surface area contributed by atoms with Gasteiger partial charge in [0.1, 0.15) is 24.7 Å². The fourth-order valence-electron chi connectivity index (χ4n) is 3.10. The largest absolute Gasteiger partial charge is 0.490 e. The molecule has 34 heavy (non-hydrogen) atoms. The smallest absolute Gasteiger partial charge is 0.251 e. The number of benzene rings is 3. The molecule has 3 N–H and O–H groups in total. The summed E-state index contributed by atoms with van der Waals surface area (Å²) in [5, 5.41) is 8.79. The minimum absolute atomic E-state index is 0.0971. The Morgan fingerprint density at radius 1 is 0.794 bits per heavy atom. The van der Waals surface area contributed by atoms with Crippen LogP contribution in [-0.2, 0) is 4.79 Å². The van der Waals surface area contributed by atoms with Gasteiger partial charge in [-0.1, -0.05) is 37.6 Å². The van der Waals surface area contributed by atoms with Gasteiger partial charge in [-0.25, -0.2) is 0 Å². The van der Waals surface area contributed by atoms with Crippen molar-refractivity contribution in [1.82, 2.24) is 5.32 Å². The minimum atomic E-state index is -0.192. The number of unbranched alkanes of at least 4 members (excludes halogenated alkanes) is 1. The van der Waals surface area contributed by atoms with E-state index in [0.29, 0.717) is 36.8 Å². The highest BCUT2D eigenvalue weighted by Gasteiger charge is 2.07. The maximum Gasteiger partial charge on any atom is 0.251 e. The Hall–Kier alpha value is -4.00. The van der Waals surface area contributed by atoms with Gasteiger partial charge in [-0.05, 0) is 55.0 Å². The van der Waals surface area contributed by atoms with Gasteiger partial charge in [0.15, 0.2) is 0 Å². The second-order valence-electron chi connectivity index (χ2n) is 7.63. The van der Waals surface area contributed by atoms with Gasteiger partial charge >= 0.3 is 0 Å². The summed E-state index contributed by atoms with van der Waals surface area (Å²) in [5.74, 6) is 1.19. The van der Waals surface area contributed by atoms with Crippen LogP contribution in [0.1, 0.15) is 30.1 Å². The van der Waals surface area contributed by atoms with Gasteiger partial charge in [0.2, 0.25) is 5.91 Å². The van der Waals surface area contributed by atoms with Crippen molar-refractivity contribution in [1.29, 1.82) is 0 Å². The van der Waals surface area contributed by atoms with Crippen molar-refractivity contribution in [2.24, 2.45) is 0 Å². The van der Waals surface area contributed by atoms with Crippen molar-refractivity contribution in [3.05, 3.63) is 84.4 Å². The van der Waals surface area contributed by atoms with E-state index in [-0.39, 0.29) is 18.4 Å². The third-order valence-corrected chi connectivity index (χ3v) is 4.90. The molecule has 0 saturated carbocycles. The lowest BCUT2D eigenvalue weighted by atomic mass is 10.2. The molecule has 7 heteroatoms. The van der Waals surface area contributed by atoms with Crippen LogP contribution in [0, 0.1) is 0 Å². The third-order valence-electron chi connectivity index (χ3n) is 4.90. The number of ether oxygens (including phenoxy) is 2. The van der Waals surface area contributed by atoms with E-state index < -0.39 is 0 Å². The van der Waals surface area contributed by atoms with Crippen molar-refractivity contribution in [2.45, 2.75) is 19.8 Å². The molecule has 0 aromatic heterocycles. The predicted octanol–water partition coefficient (Wildman–Crippen LogP) is 4.72. The summed E-state index contributed by atoms with van der Waals surface area (Å²) in [5.41, 5.74) is 1.97. The highest BCUT2D eigenvalue weighted by atomic mass is 16.5. The second kappa shape index (κ2) is 13.5. The van der Waals surface area contributed by atoms with Gasteiger partial charge in [0, 0.05) is 29.5 Å². The Morgan fingerprint density at radius 2 is 1.50 bits per heavy atom. The lowest BCUT2D eigenvalue weighted by Gasteiger charge is -2.11. The van der Waals surface area contributed by atoms with Crippen LogP contribution in [0.4, 0.5) is 11.4 Å². The molecule has 0 radical (unpaired) electrons. The lowest BCUT2D eigenvalue weighted by Crippen LogP contribution is -2.24. The standard InChI is InChI=1S/C27H31N3O4/c1-2-3-16-28-27(32)21-12-14-22(15-13-21)30-26(31)20-29-23-8-7-11-25(19-23)34-18-17-33-24-9-5-4-6-10-24/h4-15,19,29H,2-3,16-18,20H2,1H3,(H,28,32)(H,30,31). The molecule has 3 rings (SSSR count). The SMILES string of the molecule is CCCCNC(=O)c1ccc(NC(=O)CNc2cccc(OCCOc3ccccc3)c2)cc1. The summed E-state index contributed by atoms with van der Waals surface area (Å²) in [4.78, 5) is 24.4. The van der Waals surface area contributed by atoms with E-state index in [2.05, 4.69) is 22.9 Å². The number of para-hydroxylation sites is 1. The fourth-order valence-corrected chi connectivity index (χ4v) is 3.10. The fraction of sp³-hybridized carbons (Fsp3) is 0.259. The first-order valence-corrected chi connectivity index (χ1v) is 11.5. The molecule has 0 aliphatic heterocycles. The van der Waals surface area contributed by atoms with Crippen molar-refractivity contribution in [3.8, 4) is 11.5 Å². The number of hydrogen-bond acceptors (Lipinski definition) is 5. The van der Waals surface area contributed by atoms with Crippen LogP contribution in [0.3, 0.4) is 0 Å². The van der Waals surface area contributed by atoms with Crippen molar-refractivity contribution in [3.63, 3.8) is 0 Å². The van der Waals surface area contributed by atoms with Crippen LogP contribution in [0.5, 0.6) is 11.5 Å². The third kappa shape index (κ3) is 8.50. The summed E-state index contributed by atoms with van der Waals surface area (Å²) in [6.45, 7) is 3.68. The first-order chi connectivity index (χ1) is 16.6. The maximum absolute atomic E-state index is 12.3. The van der Waals surface area contributed by atoms with Gasteiger partial charge < -0.3 is 25.4 Å². The minimum Gasteiger partial charge on any atom is -0.490 e. The first kappa shape index (κ1) is 24.6. The summed E-state index contributed by atoms with van der Waals surface area (Å²) >= 11 is 0. The van der Waals surface area contributed by atoms with Crippen LogP contribution >= 0.6 is 0 Å². The van der Waals surface area contributed by atoms with E-state index in [1.807, 2.05) is 54.6 Å². The molecule has 0 aliphatic carbocycles. The number of amides is 2. The van der Waals surface area contributed by atoms with Crippen molar-refractivity contribution >= 4 is 23.2 Å². The molecule has 0 atom stereocenters. The monoisotopic (exact) mass is 461 g/mol. The number of rotatable bonds is 13. The molecule has 0 bridgehead atoms. The summed E-state index contributed by atoms with van der Waals surface area (Å²) in [7, 11) is 0. The average molecular weight is 462 g/mol. The van der Waals surface area contributed by atoms with Gasteiger partial charge in [-0.15, -0.1) is 0 Å². The van der Waals surface area contributed by atoms with E-state index in [1.165, 1.54) is 0 Å². The highest BCUT2D eigenvalue weighted by molar-refractivity contribution is 5.96. The average Bonchev–Trinajstić information content (AvgIpc) is 2.87. The predicted molar refractivity (Wildman–Crippen MR) is 135 cm³/mol. The molecule has 0 spiro atoms. The summed E-state index contributed by atoms with van der Waals surface area (Å²) in [6.07, 6.45) is 1.98. The Kier molecular flexibility index (Phi) is 9.80. The Balaban J connectivity index is 1.39. The molecular formula is C27H31N3O4. The van der Waals surface area contributed by atoms with Crippen LogP contribution in [0.25, 0.3) is 0 Å². The normalized spacial score (nSPS) is 10.3. The molecule has 0 saturated heterocycles. The number of anilines is 2. The number of hydrogen-bond donors (Lipinski definition) is 3. The molecule has 3 aromatic carbocycles. The maximum atomic E-state index is 12.3.